The Hall–Kier alpha value is -4.73. The Balaban J connectivity index is 1.78. The fourth-order valence-electron chi connectivity index (χ4n) is 4.34. The van der Waals surface area contributed by atoms with Crippen molar-refractivity contribution in [2.24, 2.45) is 5.92 Å². The van der Waals surface area contributed by atoms with Gasteiger partial charge in [-0.1, -0.05) is 43.3 Å². The zero-order valence-electron chi connectivity index (χ0n) is 23.0. The molecule has 0 fully saturated rings. The number of carbonyl (C=O) groups excluding carboxylic acids is 3. The molecular weight excluding hydrogens is 510 g/mol. The summed E-state index contributed by atoms with van der Waals surface area (Å²) < 4.78 is 11.6. The van der Waals surface area contributed by atoms with E-state index in [9.17, 15) is 14.4 Å². The van der Waals surface area contributed by atoms with Crippen LogP contribution in [0.5, 0.6) is 5.75 Å². The lowest BCUT2D eigenvalue weighted by molar-refractivity contribution is -0.127. The molecule has 4 aromatic rings. The SMILES string of the molecule is COC(=O)c1ccc(N(C(=O)Cn2nnc3ccccc32)[C@H](C(=O)NCCC(C)C)c2ccc(OC)cc2)cc1. The molecule has 1 aromatic heterocycles. The summed E-state index contributed by atoms with van der Waals surface area (Å²) in [5.74, 6) is -0.210. The summed E-state index contributed by atoms with van der Waals surface area (Å²) in [7, 11) is 2.86. The van der Waals surface area contributed by atoms with Crippen LogP contribution in [0.25, 0.3) is 11.0 Å². The van der Waals surface area contributed by atoms with Crippen LogP contribution in [0.15, 0.2) is 72.8 Å². The molecule has 1 atom stereocenters. The first-order valence-corrected chi connectivity index (χ1v) is 13.0. The van der Waals surface area contributed by atoms with Gasteiger partial charge in [-0.3, -0.25) is 14.5 Å². The van der Waals surface area contributed by atoms with E-state index in [0.717, 1.165) is 6.42 Å². The molecule has 4 rings (SSSR count). The number of carbonyl (C=O) groups is 3. The van der Waals surface area contributed by atoms with Gasteiger partial charge in [-0.25, -0.2) is 9.48 Å². The molecule has 10 nitrogen and oxygen atoms in total. The van der Waals surface area contributed by atoms with Crippen LogP contribution >= 0.6 is 0 Å². The van der Waals surface area contributed by atoms with Crippen LogP contribution in [0.4, 0.5) is 5.69 Å². The van der Waals surface area contributed by atoms with Crippen molar-refractivity contribution in [3.8, 4) is 5.75 Å². The first-order chi connectivity index (χ1) is 19.3. The molecule has 0 aliphatic rings. The number of aromatic nitrogens is 3. The molecular formula is C30H33N5O5. The molecule has 2 amide bonds. The van der Waals surface area contributed by atoms with Crippen molar-refractivity contribution in [2.45, 2.75) is 32.9 Å². The monoisotopic (exact) mass is 543 g/mol. The van der Waals surface area contributed by atoms with E-state index in [4.69, 9.17) is 9.47 Å². The number of nitrogens with one attached hydrogen (secondary N) is 1. The van der Waals surface area contributed by atoms with Crippen LogP contribution in [-0.4, -0.2) is 53.5 Å². The Morgan fingerprint density at radius 1 is 0.950 bits per heavy atom. The molecule has 3 aromatic carbocycles. The maximum absolute atomic E-state index is 14.1. The number of hydrogen-bond donors (Lipinski definition) is 1. The lowest BCUT2D eigenvalue weighted by Gasteiger charge is -2.32. The first kappa shape index (κ1) is 28.3. The van der Waals surface area contributed by atoms with Crippen molar-refractivity contribution in [3.63, 3.8) is 0 Å². The van der Waals surface area contributed by atoms with Gasteiger partial charge in [0.15, 0.2) is 0 Å². The number of ether oxygens (including phenoxy) is 2. The van der Waals surface area contributed by atoms with Crippen LogP contribution in [-0.2, 0) is 20.9 Å². The minimum atomic E-state index is -1.01. The highest BCUT2D eigenvalue weighted by Crippen LogP contribution is 2.30. The van der Waals surface area contributed by atoms with Gasteiger partial charge in [-0.15, -0.1) is 5.10 Å². The van der Waals surface area contributed by atoms with Gasteiger partial charge < -0.3 is 14.8 Å². The van der Waals surface area contributed by atoms with E-state index >= 15 is 0 Å². The standard InChI is InChI=1S/C30H33N5O5/c1-20(2)17-18-31-29(37)28(21-11-15-24(39-3)16-12-21)35(23-13-9-22(10-14-23)30(38)40-4)27(36)19-34-26-8-6-5-7-25(26)32-33-34/h5-16,20,28H,17-19H2,1-4H3,(H,31,37)/t28-/m0/s1. The zero-order valence-corrected chi connectivity index (χ0v) is 23.0. The zero-order chi connectivity index (χ0) is 28.6. The molecule has 0 aliphatic carbocycles. The van der Waals surface area contributed by atoms with Gasteiger partial charge in [0.25, 0.3) is 0 Å². The third-order valence-corrected chi connectivity index (χ3v) is 6.50. The minimum absolute atomic E-state index is 0.162. The molecule has 0 unspecified atom stereocenters. The van der Waals surface area contributed by atoms with E-state index in [0.29, 0.717) is 46.1 Å². The third kappa shape index (κ3) is 6.45. The normalized spacial score (nSPS) is 11.7. The van der Waals surface area contributed by atoms with Gasteiger partial charge >= 0.3 is 5.97 Å². The topological polar surface area (TPSA) is 116 Å². The van der Waals surface area contributed by atoms with E-state index in [1.165, 1.54) is 16.7 Å². The quantitative estimate of drug-likeness (QED) is 0.282. The summed E-state index contributed by atoms with van der Waals surface area (Å²) >= 11 is 0. The molecule has 0 bridgehead atoms. The van der Waals surface area contributed by atoms with Crippen molar-refractivity contribution >= 4 is 34.5 Å². The summed E-state index contributed by atoms with van der Waals surface area (Å²) in [4.78, 5) is 41.4. The van der Waals surface area contributed by atoms with Crippen LogP contribution in [0.3, 0.4) is 0 Å². The van der Waals surface area contributed by atoms with E-state index in [-0.39, 0.29) is 18.4 Å². The van der Waals surface area contributed by atoms with Crippen LogP contribution in [0, 0.1) is 5.92 Å². The predicted octanol–water partition coefficient (Wildman–Crippen LogP) is 4.16. The molecule has 1 N–H and O–H groups in total. The highest BCUT2D eigenvalue weighted by molar-refractivity contribution is 6.02. The van der Waals surface area contributed by atoms with E-state index < -0.39 is 12.0 Å². The number of methoxy groups -OCH3 is 2. The van der Waals surface area contributed by atoms with Gasteiger partial charge in [-0.2, -0.15) is 0 Å². The number of amides is 2. The maximum Gasteiger partial charge on any atom is 0.337 e. The van der Waals surface area contributed by atoms with E-state index in [1.54, 1.807) is 55.6 Å². The summed E-state index contributed by atoms with van der Waals surface area (Å²) in [6.45, 7) is 4.45. The fraction of sp³-hybridized carbons (Fsp3) is 0.300. The number of hydrogen-bond acceptors (Lipinski definition) is 7. The van der Waals surface area contributed by atoms with E-state index in [1.807, 2.05) is 24.3 Å². The van der Waals surface area contributed by atoms with Crippen molar-refractivity contribution in [2.75, 3.05) is 25.7 Å². The molecule has 40 heavy (non-hydrogen) atoms. The Morgan fingerprint density at radius 3 is 2.30 bits per heavy atom. The molecule has 10 heteroatoms. The number of fused-ring (bicyclic) bond motifs is 1. The van der Waals surface area contributed by atoms with Crippen LogP contribution in [0.2, 0.25) is 0 Å². The summed E-state index contributed by atoms with van der Waals surface area (Å²) in [6, 6.07) is 19.7. The number of rotatable bonds is 11. The Kier molecular flexibility index (Phi) is 9.11. The average Bonchev–Trinajstić information content (AvgIpc) is 3.37. The van der Waals surface area contributed by atoms with Crippen molar-refractivity contribution in [3.05, 3.63) is 83.9 Å². The number of nitrogens with zero attached hydrogens (tertiary/aromatic N) is 4. The third-order valence-electron chi connectivity index (χ3n) is 6.50. The lowest BCUT2D eigenvalue weighted by atomic mass is 10.0. The first-order valence-electron chi connectivity index (χ1n) is 13.0. The second-order valence-corrected chi connectivity index (χ2v) is 9.69. The summed E-state index contributed by atoms with van der Waals surface area (Å²) in [6.07, 6.45) is 0.786. The summed E-state index contributed by atoms with van der Waals surface area (Å²) in [5.41, 5.74) is 2.70. The van der Waals surface area contributed by atoms with Crippen molar-refractivity contribution in [1.29, 1.82) is 0 Å². The Morgan fingerprint density at radius 2 is 1.65 bits per heavy atom. The number of para-hydroxylation sites is 1. The van der Waals surface area contributed by atoms with Crippen molar-refractivity contribution < 1.29 is 23.9 Å². The molecule has 208 valence electrons. The lowest BCUT2D eigenvalue weighted by Crippen LogP contribution is -2.45. The van der Waals surface area contributed by atoms with Crippen LogP contribution < -0.4 is 15.0 Å². The molecule has 0 spiro atoms. The predicted molar refractivity (Wildman–Crippen MR) is 151 cm³/mol. The number of esters is 1. The highest BCUT2D eigenvalue weighted by Gasteiger charge is 2.33. The van der Waals surface area contributed by atoms with Gasteiger partial charge in [-0.05, 0) is 66.4 Å². The largest absolute Gasteiger partial charge is 0.497 e. The number of benzene rings is 3. The maximum atomic E-state index is 14.1. The second-order valence-electron chi connectivity index (χ2n) is 9.69. The van der Waals surface area contributed by atoms with Crippen molar-refractivity contribution in [1.82, 2.24) is 20.3 Å². The molecule has 0 aliphatic heterocycles. The molecule has 0 radical (unpaired) electrons. The molecule has 0 saturated heterocycles. The summed E-state index contributed by atoms with van der Waals surface area (Å²) in [5, 5.41) is 11.3. The Labute approximate surface area is 232 Å². The van der Waals surface area contributed by atoms with Gasteiger partial charge in [0.05, 0.1) is 25.3 Å². The highest BCUT2D eigenvalue weighted by atomic mass is 16.5. The fourth-order valence-corrected chi connectivity index (χ4v) is 4.34. The smallest absolute Gasteiger partial charge is 0.337 e. The van der Waals surface area contributed by atoms with Gasteiger partial charge in [0.1, 0.15) is 23.9 Å². The minimum Gasteiger partial charge on any atom is -0.497 e. The van der Waals surface area contributed by atoms with E-state index in [2.05, 4.69) is 29.5 Å². The Bertz CT molecular complexity index is 1460. The average molecular weight is 544 g/mol. The second kappa shape index (κ2) is 12.9. The van der Waals surface area contributed by atoms with Gasteiger partial charge in [0.2, 0.25) is 11.8 Å². The number of anilines is 1. The molecule has 1 heterocycles. The van der Waals surface area contributed by atoms with Crippen LogP contribution in [0.1, 0.15) is 42.2 Å². The molecule has 0 saturated carbocycles. The van der Waals surface area contributed by atoms with Gasteiger partial charge in [0, 0.05) is 12.2 Å².